The number of methoxy groups -OCH3 is 1. The van der Waals surface area contributed by atoms with Crippen molar-refractivity contribution in [2.24, 2.45) is 5.92 Å². The molecule has 0 aliphatic carbocycles. The number of ether oxygens (including phenoxy) is 1. The standard InChI is InChI=1S/C17H24N4O/c1-13-3-5-15(9-18)17(19-13)21-11-14-4-6-16(12-21)20(10-14)7-8-22-2/h3,5,14,16H,4,6-8,10-12H2,1-2H3/t14-,16-/m0/s1. The van der Waals surface area contributed by atoms with Gasteiger partial charge >= 0.3 is 0 Å². The first-order valence-corrected chi connectivity index (χ1v) is 8.07. The third-order valence-electron chi connectivity index (χ3n) is 4.84. The predicted octanol–water partition coefficient (Wildman–Crippen LogP) is 1.81. The summed E-state index contributed by atoms with van der Waals surface area (Å²) in [5, 5.41) is 9.38. The minimum Gasteiger partial charge on any atom is -0.383 e. The largest absolute Gasteiger partial charge is 0.383 e. The highest BCUT2D eigenvalue weighted by atomic mass is 16.5. The van der Waals surface area contributed by atoms with Gasteiger partial charge in [-0.15, -0.1) is 0 Å². The number of nitriles is 1. The fourth-order valence-corrected chi connectivity index (χ4v) is 3.71. The van der Waals surface area contributed by atoms with Crippen molar-refractivity contribution >= 4 is 5.82 Å². The van der Waals surface area contributed by atoms with Crippen molar-refractivity contribution < 1.29 is 4.74 Å². The van der Waals surface area contributed by atoms with Crippen LogP contribution in [0.25, 0.3) is 0 Å². The summed E-state index contributed by atoms with van der Waals surface area (Å²) in [5.41, 5.74) is 1.66. The lowest BCUT2D eigenvalue weighted by atomic mass is 9.95. The molecule has 0 amide bonds. The zero-order chi connectivity index (χ0) is 15.5. The van der Waals surface area contributed by atoms with Gasteiger partial charge in [0.15, 0.2) is 0 Å². The number of fused-ring (bicyclic) bond motifs is 4. The Morgan fingerprint density at radius 2 is 2.18 bits per heavy atom. The van der Waals surface area contributed by atoms with Crippen LogP contribution in [0.2, 0.25) is 0 Å². The smallest absolute Gasteiger partial charge is 0.146 e. The van der Waals surface area contributed by atoms with E-state index < -0.39 is 0 Å². The van der Waals surface area contributed by atoms with Gasteiger partial charge in [-0.2, -0.15) is 5.26 Å². The van der Waals surface area contributed by atoms with Crippen LogP contribution in [-0.2, 0) is 4.74 Å². The second-order valence-electron chi connectivity index (χ2n) is 6.43. The van der Waals surface area contributed by atoms with Gasteiger partial charge in [-0.05, 0) is 37.8 Å². The zero-order valence-corrected chi connectivity index (χ0v) is 13.5. The first kappa shape index (κ1) is 15.3. The molecular weight excluding hydrogens is 276 g/mol. The number of aryl methyl sites for hydroxylation is 1. The Morgan fingerprint density at radius 1 is 1.32 bits per heavy atom. The minimum absolute atomic E-state index is 0.544. The van der Waals surface area contributed by atoms with Gasteiger partial charge in [-0.3, -0.25) is 4.90 Å². The molecule has 4 heterocycles. The number of rotatable bonds is 4. The Kier molecular flexibility index (Phi) is 4.60. The van der Waals surface area contributed by atoms with E-state index in [4.69, 9.17) is 4.74 Å². The van der Waals surface area contributed by atoms with E-state index in [2.05, 4.69) is 20.9 Å². The van der Waals surface area contributed by atoms with Crippen molar-refractivity contribution in [3.8, 4) is 6.07 Å². The molecule has 2 bridgehead atoms. The van der Waals surface area contributed by atoms with E-state index in [-0.39, 0.29) is 0 Å². The van der Waals surface area contributed by atoms with Crippen LogP contribution in [0.1, 0.15) is 24.1 Å². The fourth-order valence-electron chi connectivity index (χ4n) is 3.71. The number of anilines is 1. The molecule has 3 saturated heterocycles. The van der Waals surface area contributed by atoms with Gasteiger partial charge in [-0.1, -0.05) is 0 Å². The van der Waals surface area contributed by atoms with Crippen LogP contribution < -0.4 is 4.90 Å². The second-order valence-corrected chi connectivity index (χ2v) is 6.43. The second kappa shape index (κ2) is 6.64. The average Bonchev–Trinajstić information content (AvgIpc) is 2.84. The van der Waals surface area contributed by atoms with Gasteiger partial charge < -0.3 is 9.64 Å². The van der Waals surface area contributed by atoms with E-state index in [1.165, 1.54) is 12.8 Å². The highest BCUT2D eigenvalue weighted by Gasteiger charge is 2.35. The first-order chi connectivity index (χ1) is 10.7. The van der Waals surface area contributed by atoms with Crippen LogP contribution >= 0.6 is 0 Å². The molecule has 1 aromatic rings. The van der Waals surface area contributed by atoms with Crippen LogP contribution in [0.5, 0.6) is 0 Å². The van der Waals surface area contributed by atoms with E-state index in [1.54, 1.807) is 7.11 Å². The molecule has 0 radical (unpaired) electrons. The molecule has 22 heavy (non-hydrogen) atoms. The molecule has 0 spiro atoms. The molecule has 118 valence electrons. The van der Waals surface area contributed by atoms with E-state index in [9.17, 15) is 5.26 Å². The third kappa shape index (κ3) is 3.08. The van der Waals surface area contributed by atoms with Gasteiger partial charge in [-0.25, -0.2) is 4.98 Å². The van der Waals surface area contributed by atoms with Gasteiger partial charge in [0.05, 0.1) is 12.2 Å². The maximum Gasteiger partial charge on any atom is 0.146 e. The maximum atomic E-state index is 9.38. The van der Waals surface area contributed by atoms with Crippen LogP contribution in [0.4, 0.5) is 5.82 Å². The number of nitrogens with zero attached hydrogens (tertiary/aromatic N) is 4. The number of piperidine rings is 1. The lowest BCUT2D eigenvalue weighted by molar-refractivity contribution is 0.0889. The van der Waals surface area contributed by atoms with E-state index in [0.717, 1.165) is 44.3 Å². The molecule has 0 aromatic carbocycles. The lowest BCUT2D eigenvalue weighted by Gasteiger charge is -2.35. The van der Waals surface area contributed by atoms with Gasteiger partial charge in [0, 0.05) is 45.0 Å². The molecule has 5 nitrogen and oxygen atoms in total. The van der Waals surface area contributed by atoms with Crippen LogP contribution in [-0.4, -0.2) is 55.8 Å². The highest BCUT2D eigenvalue weighted by Crippen LogP contribution is 2.31. The van der Waals surface area contributed by atoms with Crippen molar-refractivity contribution in [2.75, 3.05) is 44.8 Å². The Balaban J connectivity index is 1.83. The molecule has 4 rings (SSSR count). The molecule has 3 aliphatic heterocycles. The molecule has 5 heteroatoms. The van der Waals surface area contributed by atoms with Gasteiger partial charge in [0.2, 0.25) is 0 Å². The topological polar surface area (TPSA) is 52.4 Å². The van der Waals surface area contributed by atoms with Crippen LogP contribution in [0.15, 0.2) is 12.1 Å². The predicted molar refractivity (Wildman–Crippen MR) is 85.9 cm³/mol. The zero-order valence-electron chi connectivity index (χ0n) is 13.5. The minimum atomic E-state index is 0.544. The highest BCUT2D eigenvalue weighted by molar-refractivity contribution is 5.54. The Labute approximate surface area is 132 Å². The van der Waals surface area contributed by atoms with Crippen molar-refractivity contribution in [2.45, 2.75) is 25.8 Å². The summed E-state index contributed by atoms with van der Waals surface area (Å²) in [6.45, 7) is 6.88. The molecule has 0 saturated carbocycles. The summed E-state index contributed by atoms with van der Waals surface area (Å²) in [6, 6.07) is 6.65. The quantitative estimate of drug-likeness (QED) is 0.849. The summed E-state index contributed by atoms with van der Waals surface area (Å²) < 4.78 is 5.25. The molecule has 3 aliphatic rings. The normalized spacial score (nSPS) is 25.0. The molecule has 0 unspecified atom stereocenters. The Bertz CT molecular complexity index is 568. The van der Waals surface area contributed by atoms with E-state index in [0.29, 0.717) is 17.5 Å². The Hall–Kier alpha value is -1.64. The van der Waals surface area contributed by atoms with E-state index >= 15 is 0 Å². The third-order valence-corrected chi connectivity index (χ3v) is 4.84. The van der Waals surface area contributed by atoms with Crippen molar-refractivity contribution in [1.82, 2.24) is 9.88 Å². The molecule has 3 fully saturated rings. The first-order valence-electron chi connectivity index (χ1n) is 8.07. The summed E-state index contributed by atoms with van der Waals surface area (Å²) in [6.07, 6.45) is 2.51. The number of hydrogen-bond donors (Lipinski definition) is 0. The molecular formula is C17H24N4O. The van der Waals surface area contributed by atoms with Crippen molar-refractivity contribution in [3.05, 3.63) is 23.4 Å². The molecule has 2 atom stereocenters. The SMILES string of the molecule is COCCN1C[C@@H]2CC[C@H]1CN(c1nc(C)ccc1C#N)C2. The van der Waals surface area contributed by atoms with Gasteiger partial charge in [0.1, 0.15) is 11.9 Å². The average molecular weight is 300 g/mol. The number of hydrogen-bond acceptors (Lipinski definition) is 5. The maximum absolute atomic E-state index is 9.38. The summed E-state index contributed by atoms with van der Waals surface area (Å²) in [7, 11) is 1.76. The summed E-state index contributed by atoms with van der Waals surface area (Å²) >= 11 is 0. The lowest BCUT2D eigenvalue weighted by Crippen LogP contribution is -2.45. The van der Waals surface area contributed by atoms with E-state index in [1.807, 2.05) is 19.1 Å². The Morgan fingerprint density at radius 3 is 2.95 bits per heavy atom. The summed E-state index contributed by atoms with van der Waals surface area (Å²) in [4.78, 5) is 9.54. The number of pyridine rings is 1. The summed E-state index contributed by atoms with van der Waals surface area (Å²) in [5.74, 6) is 1.53. The van der Waals surface area contributed by atoms with Crippen LogP contribution in [0.3, 0.4) is 0 Å². The fraction of sp³-hybridized carbons (Fsp3) is 0.647. The van der Waals surface area contributed by atoms with Gasteiger partial charge in [0.25, 0.3) is 0 Å². The van der Waals surface area contributed by atoms with Crippen molar-refractivity contribution in [1.29, 1.82) is 5.26 Å². The van der Waals surface area contributed by atoms with Crippen molar-refractivity contribution in [3.63, 3.8) is 0 Å². The monoisotopic (exact) mass is 300 g/mol. The molecule has 0 N–H and O–H groups in total. The molecule has 1 aromatic heterocycles. The van der Waals surface area contributed by atoms with Crippen LogP contribution in [0, 0.1) is 24.2 Å². The number of aromatic nitrogens is 1.